The second-order valence-electron chi connectivity index (χ2n) is 13.3. The first-order valence-corrected chi connectivity index (χ1v) is 13.5. The maximum Gasteiger partial charge on any atom is 0.347 e. The zero-order chi connectivity index (χ0) is 27.6. The predicted molar refractivity (Wildman–Crippen MR) is 132 cm³/mol. The molecule has 1 aromatic rings. The van der Waals surface area contributed by atoms with Crippen LogP contribution in [0, 0.1) is 28.1 Å². The highest BCUT2D eigenvalue weighted by atomic mass is 16.6. The third-order valence-corrected chi connectivity index (χ3v) is 11.4. The van der Waals surface area contributed by atoms with Crippen molar-refractivity contribution in [1.29, 1.82) is 0 Å². The Balaban J connectivity index is 1.50. The number of carbonyl (C=O) groups excluding carboxylic acids is 3. The van der Waals surface area contributed by atoms with Crippen molar-refractivity contribution in [2.75, 3.05) is 7.11 Å². The Kier molecular flexibility index (Phi) is 5.27. The summed E-state index contributed by atoms with van der Waals surface area (Å²) >= 11 is 0. The van der Waals surface area contributed by atoms with Gasteiger partial charge in [-0.3, -0.25) is 9.59 Å². The van der Waals surface area contributed by atoms with E-state index in [1.165, 1.54) is 14.0 Å². The minimum atomic E-state index is -1.36. The van der Waals surface area contributed by atoms with Crippen LogP contribution in [0.5, 0.6) is 0 Å². The maximum atomic E-state index is 13.5. The molecule has 1 N–H and O–H groups in total. The minimum Gasteiger partial charge on any atom is -0.472 e. The van der Waals surface area contributed by atoms with Gasteiger partial charge in [-0.1, -0.05) is 27.7 Å². The highest BCUT2D eigenvalue weighted by Crippen LogP contribution is 2.79. The van der Waals surface area contributed by atoms with Crippen LogP contribution in [0.25, 0.3) is 0 Å². The van der Waals surface area contributed by atoms with Gasteiger partial charge in [0.25, 0.3) is 0 Å². The van der Waals surface area contributed by atoms with Crippen LogP contribution in [-0.2, 0) is 33.3 Å². The highest BCUT2D eigenvalue weighted by Gasteiger charge is 2.88. The molecule has 208 valence electrons. The van der Waals surface area contributed by atoms with Crippen LogP contribution in [0.2, 0.25) is 0 Å². The first kappa shape index (κ1) is 26.0. The third-order valence-electron chi connectivity index (χ3n) is 11.4. The zero-order valence-corrected chi connectivity index (χ0v) is 23.1. The minimum absolute atomic E-state index is 0.0780. The molecule has 5 aliphatic rings. The Hall–Kier alpha value is -2.23. The zero-order valence-electron chi connectivity index (χ0n) is 23.1. The van der Waals surface area contributed by atoms with Gasteiger partial charge in [0.2, 0.25) is 6.10 Å². The van der Waals surface area contributed by atoms with Crippen LogP contribution in [-0.4, -0.2) is 65.6 Å². The first-order valence-electron chi connectivity index (χ1n) is 13.5. The van der Waals surface area contributed by atoms with E-state index in [-0.39, 0.29) is 24.2 Å². The number of fused-ring (bicyclic) bond motifs is 3. The second-order valence-corrected chi connectivity index (χ2v) is 13.3. The van der Waals surface area contributed by atoms with E-state index in [1.54, 1.807) is 26.4 Å². The van der Waals surface area contributed by atoms with Crippen molar-refractivity contribution in [3.8, 4) is 0 Å². The lowest BCUT2D eigenvalue weighted by molar-refractivity contribution is -0.215. The van der Waals surface area contributed by atoms with E-state index in [0.717, 1.165) is 12.0 Å². The Labute approximate surface area is 222 Å². The normalized spacial score (nSPS) is 48.8. The molecule has 3 aliphatic carbocycles. The molecule has 1 aromatic heterocycles. The van der Waals surface area contributed by atoms with Crippen LogP contribution in [0.4, 0.5) is 0 Å². The standard InChI is InChI=1S/C29H38O9/c1-14(30)36-21(24(32)34-7)23-25(2,3)18(31)11-19-27(23,5)22-17(37-19)12-26(4)16(15-8-9-35-13-15)10-20-29(26,38-20)28(22,6)33/h8-9,13,16-17,19-23,33H,10-12H2,1-7H3/t16-,17+,19-,20+,21+,22-,23-,26-,27+,28+,29+/m0/s1. The summed E-state index contributed by atoms with van der Waals surface area (Å²) in [4.78, 5) is 38.9. The number of Topliss-reactive ketones (excluding diaryl/α,β-unsaturated/α-hetero) is 1. The number of hydrogen-bond donors (Lipinski definition) is 1. The van der Waals surface area contributed by atoms with Crippen LogP contribution in [0.3, 0.4) is 0 Å². The van der Waals surface area contributed by atoms with E-state index in [2.05, 4.69) is 6.92 Å². The van der Waals surface area contributed by atoms with Gasteiger partial charge in [-0.25, -0.2) is 4.79 Å². The molecule has 2 saturated heterocycles. The molecule has 9 heteroatoms. The number of furan rings is 1. The number of ketones is 1. The van der Waals surface area contributed by atoms with Crippen molar-refractivity contribution in [3.63, 3.8) is 0 Å². The number of carbonyl (C=O) groups is 3. The van der Waals surface area contributed by atoms with Crippen LogP contribution < -0.4 is 0 Å². The molecule has 6 rings (SSSR count). The fourth-order valence-corrected chi connectivity index (χ4v) is 10.0. The number of aliphatic hydroxyl groups is 1. The molecule has 0 radical (unpaired) electrons. The molecule has 1 spiro atoms. The lowest BCUT2D eigenvalue weighted by Gasteiger charge is -2.60. The molecule has 2 aliphatic heterocycles. The average molecular weight is 531 g/mol. The number of rotatable bonds is 4. The van der Waals surface area contributed by atoms with Crippen molar-refractivity contribution in [1.82, 2.24) is 0 Å². The maximum absolute atomic E-state index is 13.5. The molecule has 11 atom stereocenters. The molecular weight excluding hydrogens is 492 g/mol. The summed E-state index contributed by atoms with van der Waals surface area (Å²) < 4.78 is 29.3. The molecule has 0 amide bonds. The number of esters is 2. The fourth-order valence-electron chi connectivity index (χ4n) is 10.0. The van der Waals surface area contributed by atoms with Gasteiger partial charge in [0.15, 0.2) is 0 Å². The van der Waals surface area contributed by atoms with Crippen LogP contribution >= 0.6 is 0 Å². The summed E-state index contributed by atoms with van der Waals surface area (Å²) in [5.74, 6) is -2.61. The molecule has 38 heavy (non-hydrogen) atoms. The Morgan fingerprint density at radius 3 is 2.47 bits per heavy atom. The number of hydrogen-bond acceptors (Lipinski definition) is 9. The quantitative estimate of drug-likeness (QED) is 0.462. The lowest BCUT2D eigenvalue weighted by Crippen LogP contribution is -2.70. The number of epoxide rings is 1. The topological polar surface area (TPSA) is 125 Å². The van der Waals surface area contributed by atoms with Gasteiger partial charge in [0.1, 0.15) is 11.4 Å². The van der Waals surface area contributed by atoms with E-state index in [9.17, 15) is 19.5 Å². The van der Waals surface area contributed by atoms with Crippen LogP contribution in [0.15, 0.2) is 23.0 Å². The molecule has 5 fully saturated rings. The van der Waals surface area contributed by atoms with E-state index in [4.69, 9.17) is 23.4 Å². The van der Waals surface area contributed by atoms with Gasteiger partial charge in [-0.2, -0.15) is 0 Å². The third kappa shape index (κ3) is 2.85. The van der Waals surface area contributed by atoms with Crippen molar-refractivity contribution in [2.24, 2.45) is 28.1 Å². The summed E-state index contributed by atoms with van der Waals surface area (Å²) in [6, 6.07) is 1.98. The Bertz CT molecular complexity index is 1190. The fraction of sp³-hybridized carbons (Fsp3) is 0.759. The summed E-state index contributed by atoms with van der Waals surface area (Å²) in [5.41, 5.74) is -3.49. The molecule has 3 saturated carbocycles. The second kappa shape index (κ2) is 7.70. The molecule has 3 heterocycles. The van der Waals surface area contributed by atoms with Gasteiger partial charge in [-0.05, 0) is 37.3 Å². The summed E-state index contributed by atoms with van der Waals surface area (Å²) in [6.07, 6.45) is 2.54. The van der Waals surface area contributed by atoms with Gasteiger partial charge in [-0.15, -0.1) is 0 Å². The summed E-state index contributed by atoms with van der Waals surface area (Å²) in [7, 11) is 1.24. The Morgan fingerprint density at radius 1 is 1.16 bits per heavy atom. The lowest BCUT2D eigenvalue weighted by atomic mass is 9.43. The van der Waals surface area contributed by atoms with Crippen molar-refractivity contribution in [2.45, 2.75) is 102 Å². The monoisotopic (exact) mass is 530 g/mol. The number of methoxy groups -OCH3 is 1. The first-order chi connectivity index (χ1) is 17.7. The van der Waals surface area contributed by atoms with E-state index >= 15 is 0 Å². The van der Waals surface area contributed by atoms with Crippen molar-refractivity contribution < 1.29 is 42.9 Å². The van der Waals surface area contributed by atoms with E-state index in [1.807, 2.05) is 19.9 Å². The van der Waals surface area contributed by atoms with Gasteiger partial charge in [0.05, 0.1) is 43.5 Å². The number of ether oxygens (including phenoxy) is 4. The smallest absolute Gasteiger partial charge is 0.347 e. The van der Waals surface area contributed by atoms with E-state index in [0.29, 0.717) is 6.42 Å². The summed E-state index contributed by atoms with van der Waals surface area (Å²) in [5, 5.41) is 12.7. The predicted octanol–water partition coefficient (Wildman–Crippen LogP) is 3.18. The molecule has 0 bridgehead atoms. The van der Waals surface area contributed by atoms with Crippen molar-refractivity contribution >= 4 is 17.7 Å². The molecule has 9 nitrogen and oxygen atoms in total. The van der Waals surface area contributed by atoms with Crippen molar-refractivity contribution in [3.05, 3.63) is 24.2 Å². The Morgan fingerprint density at radius 2 is 1.87 bits per heavy atom. The molecule has 0 unspecified atom stereocenters. The SMILES string of the molecule is COC(=O)[C@H](OC(C)=O)[C@H]1C(C)(C)C(=O)C[C@@H]2O[C@@H]3C[C@@]4(C)[C@H](c5ccoc5)C[C@H]5O[C@]54[C@](C)(O)[C@@H]3[C@@]21C. The van der Waals surface area contributed by atoms with Crippen LogP contribution in [0.1, 0.15) is 72.3 Å². The largest absolute Gasteiger partial charge is 0.472 e. The highest BCUT2D eigenvalue weighted by molar-refractivity contribution is 5.88. The molecular formula is C29H38O9. The van der Waals surface area contributed by atoms with Gasteiger partial charge >= 0.3 is 11.9 Å². The van der Waals surface area contributed by atoms with E-state index < -0.39 is 69.5 Å². The summed E-state index contributed by atoms with van der Waals surface area (Å²) in [6.45, 7) is 10.8. The van der Waals surface area contributed by atoms with Gasteiger partial charge in [0, 0.05) is 41.4 Å². The average Bonchev–Trinajstić information content (AvgIpc) is 3.08. The molecule has 0 aromatic carbocycles. The van der Waals surface area contributed by atoms with Gasteiger partial charge < -0.3 is 28.5 Å².